The average Bonchev–Trinajstić information content (AvgIpc) is 2.46. The van der Waals surface area contributed by atoms with Crippen LogP contribution in [0.2, 0.25) is 0 Å². The fourth-order valence-electron chi connectivity index (χ4n) is 2.56. The minimum absolute atomic E-state index is 0.218. The highest BCUT2D eigenvalue weighted by molar-refractivity contribution is 5.04. The van der Waals surface area contributed by atoms with E-state index in [2.05, 4.69) is 22.2 Å². The van der Waals surface area contributed by atoms with Gasteiger partial charge in [-0.1, -0.05) is 6.07 Å². The summed E-state index contributed by atoms with van der Waals surface area (Å²) in [5, 5.41) is 13.1. The number of likely N-dealkylation sites (tertiary alicyclic amines) is 1. The number of rotatable bonds is 6. The number of aliphatic hydroxyl groups is 1. The average molecular weight is 263 g/mol. The third-order valence-electron chi connectivity index (χ3n) is 3.90. The van der Waals surface area contributed by atoms with Gasteiger partial charge in [0.2, 0.25) is 0 Å². The summed E-state index contributed by atoms with van der Waals surface area (Å²) < 4.78 is 0. The van der Waals surface area contributed by atoms with Crippen molar-refractivity contribution in [1.29, 1.82) is 0 Å². The summed E-state index contributed by atoms with van der Waals surface area (Å²) in [5.74, 6) is 0.259. The fraction of sp³-hybridized carbons (Fsp3) is 0.667. The molecule has 1 aromatic rings. The van der Waals surface area contributed by atoms with Crippen molar-refractivity contribution < 1.29 is 5.11 Å². The molecule has 2 N–H and O–H groups in total. The van der Waals surface area contributed by atoms with E-state index in [9.17, 15) is 5.11 Å². The van der Waals surface area contributed by atoms with Crippen LogP contribution in [0.1, 0.15) is 18.5 Å². The van der Waals surface area contributed by atoms with E-state index in [4.69, 9.17) is 0 Å². The molecule has 1 aromatic heterocycles. The Bertz CT molecular complexity index is 350. The van der Waals surface area contributed by atoms with Gasteiger partial charge in [-0.25, -0.2) is 0 Å². The van der Waals surface area contributed by atoms with Gasteiger partial charge in [-0.15, -0.1) is 0 Å². The summed E-state index contributed by atoms with van der Waals surface area (Å²) in [6.07, 6.45) is 5.07. The molecule has 1 atom stereocenters. The van der Waals surface area contributed by atoms with Crippen molar-refractivity contribution in [1.82, 2.24) is 15.2 Å². The molecular weight excluding hydrogens is 238 g/mol. The van der Waals surface area contributed by atoms with Crippen LogP contribution in [0.15, 0.2) is 24.4 Å². The summed E-state index contributed by atoms with van der Waals surface area (Å²) in [6, 6.07) is 6.56. The van der Waals surface area contributed by atoms with Crippen LogP contribution in [0.4, 0.5) is 0 Å². The quantitative estimate of drug-likeness (QED) is 0.801. The minimum atomic E-state index is 0.218. The molecule has 0 aliphatic carbocycles. The van der Waals surface area contributed by atoms with Crippen molar-refractivity contribution in [3.8, 4) is 0 Å². The van der Waals surface area contributed by atoms with Crippen LogP contribution in [0.5, 0.6) is 0 Å². The number of hydrogen-bond acceptors (Lipinski definition) is 4. The van der Waals surface area contributed by atoms with Crippen molar-refractivity contribution in [3.05, 3.63) is 30.1 Å². The van der Waals surface area contributed by atoms with Crippen LogP contribution in [0, 0.1) is 5.92 Å². The normalized spacial score (nSPS) is 19.5. The van der Waals surface area contributed by atoms with E-state index < -0.39 is 0 Å². The van der Waals surface area contributed by atoms with E-state index in [0.717, 1.165) is 18.7 Å². The first kappa shape index (κ1) is 14.4. The van der Waals surface area contributed by atoms with Crippen molar-refractivity contribution in [2.75, 3.05) is 33.3 Å². The van der Waals surface area contributed by atoms with Crippen LogP contribution in [-0.2, 0) is 6.42 Å². The summed E-state index contributed by atoms with van der Waals surface area (Å²) in [5.41, 5.74) is 1.06. The Labute approximate surface area is 115 Å². The Morgan fingerprint density at radius 2 is 2.21 bits per heavy atom. The lowest BCUT2D eigenvalue weighted by Crippen LogP contribution is -2.43. The summed E-state index contributed by atoms with van der Waals surface area (Å²) in [6.45, 7) is 3.43. The number of aliphatic hydroxyl groups excluding tert-OH is 1. The maximum Gasteiger partial charge on any atom is 0.0475 e. The van der Waals surface area contributed by atoms with E-state index in [1.807, 2.05) is 24.4 Å². The Morgan fingerprint density at radius 1 is 1.42 bits per heavy atom. The zero-order valence-corrected chi connectivity index (χ0v) is 11.8. The lowest BCUT2D eigenvalue weighted by Gasteiger charge is -2.30. The Balaban J connectivity index is 1.73. The summed E-state index contributed by atoms with van der Waals surface area (Å²) >= 11 is 0. The molecule has 0 aromatic carbocycles. The van der Waals surface area contributed by atoms with Gasteiger partial charge in [-0.2, -0.15) is 0 Å². The minimum Gasteiger partial charge on any atom is -0.396 e. The van der Waals surface area contributed by atoms with Crippen LogP contribution in [-0.4, -0.2) is 54.3 Å². The first-order valence-electron chi connectivity index (χ1n) is 7.20. The molecule has 1 unspecified atom stereocenters. The number of hydrogen-bond donors (Lipinski definition) is 2. The van der Waals surface area contributed by atoms with Gasteiger partial charge in [0.15, 0.2) is 0 Å². The van der Waals surface area contributed by atoms with Gasteiger partial charge in [-0.05, 0) is 57.5 Å². The molecule has 0 bridgehead atoms. The number of aromatic nitrogens is 1. The van der Waals surface area contributed by atoms with E-state index in [1.165, 1.54) is 25.9 Å². The van der Waals surface area contributed by atoms with Crippen molar-refractivity contribution in [2.45, 2.75) is 25.3 Å². The van der Waals surface area contributed by atoms with E-state index in [-0.39, 0.29) is 12.5 Å². The first-order valence-corrected chi connectivity index (χ1v) is 7.20. The van der Waals surface area contributed by atoms with Gasteiger partial charge in [0.25, 0.3) is 0 Å². The lowest BCUT2D eigenvalue weighted by atomic mass is 10.0. The highest BCUT2D eigenvalue weighted by Crippen LogP contribution is 2.10. The molecule has 0 amide bonds. The van der Waals surface area contributed by atoms with Gasteiger partial charge < -0.3 is 15.3 Å². The molecule has 4 nitrogen and oxygen atoms in total. The SMILES string of the molecule is CN1CCC(NCC(CO)Cc2ccccn2)CC1. The molecule has 2 heterocycles. The van der Waals surface area contributed by atoms with Crippen LogP contribution >= 0.6 is 0 Å². The molecule has 2 rings (SSSR count). The third kappa shape index (κ3) is 4.90. The third-order valence-corrected chi connectivity index (χ3v) is 3.90. The maximum absolute atomic E-state index is 9.48. The maximum atomic E-state index is 9.48. The zero-order valence-electron chi connectivity index (χ0n) is 11.8. The van der Waals surface area contributed by atoms with Gasteiger partial charge in [0, 0.05) is 31.1 Å². The molecule has 0 radical (unpaired) electrons. The van der Waals surface area contributed by atoms with E-state index >= 15 is 0 Å². The Morgan fingerprint density at radius 3 is 2.84 bits per heavy atom. The lowest BCUT2D eigenvalue weighted by molar-refractivity contribution is 0.197. The number of pyridine rings is 1. The molecule has 0 spiro atoms. The van der Waals surface area contributed by atoms with Crippen LogP contribution in [0.3, 0.4) is 0 Å². The van der Waals surface area contributed by atoms with Gasteiger partial charge in [-0.3, -0.25) is 4.98 Å². The molecule has 19 heavy (non-hydrogen) atoms. The summed E-state index contributed by atoms with van der Waals surface area (Å²) in [7, 11) is 2.17. The predicted octanol–water partition coefficient (Wildman–Crippen LogP) is 0.916. The molecule has 1 saturated heterocycles. The van der Waals surface area contributed by atoms with Gasteiger partial charge in [0.05, 0.1) is 0 Å². The molecule has 0 saturated carbocycles. The number of piperidine rings is 1. The number of nitrogens with one attached hydrogen (secondary N) is 1. The van der Waals surface area contributed by atoms with Crippen LogP contribution < -0.4 is 5.32 Å². The predicted molar refractivity (Wildman–Crippen MR) is 77.0 cm³/mol. The Kier molecular flexibility index (Phi) is 5.76. The largest absolute Gasteiger partial charge is 0.396 e. The van der Waals surface area contributed by atoms with Crippen molar-refractivity contribution in [2.24, 2.45) is 5.92 Å². The molecule has 4 heteroatoms. The topological polar surface area (TPSA) is 48.4 Å². The molecular formula is C15H25N3O. The highest BCUT2D eigenvalue weighted by Gasteiger charge is 2.17. The summed E-state index contributed by atoms with van der Waals surface area (Å²) in [4.78, 5) is 6.70. The standard InChI is InChI=1S/C15H25N3O/c1-18-8-5-14(6-9-18)17-11-13(12-19)10-15-4-2-3-7-16-15/h2-4,7,13-14,17,19H,5-6,8-12H2,1H3. The van der Waals surface area contributed by atoms with E-state index in [1.54, 1.807) is 0 Å². The number of nitrogens with zero attached hydrogens (tertiary/aromatic N) is 2. The molecule has 106 valence electrons. The Hall–Kier alpha value is -0.970. The zero-order chi connectivity index (χ0) is 13.5. The fourth-order valence-corrected chi connectivity index (χ4v) is 2.56. The first-order chi connectivity index (χ1) is 9.28. The van der Waals surface area contributed by atoms with Gasteiger partial charge in [0.1, 0.15) is 0 Å². The highest BCUT2D eigenvalue weighted by atomic mass is 16.3. The smallest absolute Gasteiger partial charge is 0.0475 e. The van der Waals surface area contributed by atoms with Crippen molar-refractivity contribution in [3.63, 3.8) is 0 Å². The van der Waals surface area contributed by atoms with Gasteiger partial charge >= 0.3 is 0 Å². The second-order valence-corrected chi connectivity index (χ2v) is 5.56. The molecule has 1 fully saturated rings. The second kappa shape index (κ2) is 7.58. The molecule has 1 aliphatic heterocycles. The second-order valence-electron chi connectivity index (χ2n) is 5.56. The van der Waals surface area contributed by atoms with Crippen LogP contribution in [0.25, 0.3) is 0 Å². The van der Waals surface area contributed by atoms with E-state index in [0.29, 0.717) is 6.04 Å². The van der Waals surface area contributed by atoms with Crippen molar-refractivity contribution >= 4 is 0 Å². The monoisotopic (exact) mass is 263 g/mol. The molecule has 1 aliphatic rings.